The largest absolute Gasteiger partial charge is 0.507 e. The van der Waals surface area contributed by atoms with Crippen LogP contribution in [0.3, 0.4) is 0 Å². The molecule has 0 atom stereocenters. The molecule has 2 aromatic heterocycles. The molecule has 0 unspecified atom stereocenters. The number of hydrazone groups is 1. The number of carbonyl (C=O) groups is 1. The minimum absolute atomic E-state index is 0.00448. The summed E-state index contributed by atoms with van der Waals surface area (Å²) in [7, 11) is 0. The van der Waals surface area contributed by atoms with Crippen LogP contribution in [0.4, 0.5) is 0 Å². The van der Waals surface area contributed by atoms with Crippen LogP contribution in [0.15, 0.2) is 75.7 Å². The van der Waals surface area contributed by atoms with Crippen molar-refractivity contribution in [1.29, 1.82) is 0 Å². The third kappa shape index (κ3) is 5.05. The van der Waals surface area contributed by atoms with Crippen molar-refractivity contribution < 1.29 is 9.90 Å². The average Bonchev–Trinajstić information content (AvgIpc) is 3.32. The molecule has 10 heteroatoms. The van der Waals surface area contributed by atoms with E-state index in [9.17, 15) is 14.7 Å². The molecule has 1 aliphatic carbocycles. The summed E-state index contributed by atoms with van der Waals surface area (Å²) in [5.74, 6) is -0.294. The zero-order valence-corrected chi connectivity index (χ0v) is 23.1. The lowest BCUT2D eigenvalue weighted by Gasteiger charge is -2.13. The number of benzene rings is 3. The maximum Gasteiger partial charge on any atom is 0.267 e. The zero-order valence-electron chi connectivity index (χ0n) is 20.7. The number of thioether (sulfide) groups is 1. The number of aromatic nitrogens is 2. The Kier molecular flexibility index (Phi) is 7.12. The lowest BCUT2D eigenvalue weighted by Crippen LogP contribution is -2.24. The Morgan fingerprint density at radius 3 is 2.77 bits per heavy atom. The Morgan fingerprint density at radius 2 is 1.92 bits per heavy atom. The number of hydrogen-bond donors (Lipinski definition) is 2. The highest BCUT2D eigenvalue weighted by Gasteiger charge is 2.23. The van der Waals surface area contributed by atoms with Crippen molar-refractivity contribution >= 4 is 67.8 Å². The van der Waals surface area contributed by atoms with Gasteiger partial charge in [0.15, 0.2) is 5.16 Å². The number of fused-ring (bicyclic) bond motifs is 4. The fraction of sp³-hybridized carbons (Fsp3) is 0.172. The van der Waals surface area contributed by atoms with E-state index in [-0.39, 0.29) is 23.0 Å². The highest BCUT2D eigenvalue weighted by atomic mass is 35.5. The van der Waals surface area contributed by atoms with Gasteiger partial charge in [-0.25, -0.2) is 10.4 Å². The van der Waals surface area contributed by atoms with Crippen molar-refractivity contribution in [3.05, 3.63) is 92.0 Å². The van der Waals surface area contributed by atoms with E-state index in [1.165, 1.54) is 22.9 Å². The van der Waals surface area contributed by atoms with Gasteiger partial charge >= 0.3 is 0 Å². The van der Waals surface area contributed by atoms with Gasteiger partial charge in [-0.05, 0) is 72.4 Å². The quantitative estimate of drug-likeness (QED) is 0.111. The van der Waals surface area contributed by atoms with E-state index in [0.717, 1.165) is 42.0 Å². The molecule has 0 fully saturated rings. The summed E-state index contributed by atoms with van der Waals surface area (Å²) in [6, 6.07) is 18.1. The minimum atomic E-state index is -0.363. The molecule has 5 aromatic rings. The van der Waals surface area contributed by atoms with E-state index < -0.39 is 0 Å². The first-order valence-corrected chi connectivity index (χ1v) is 14.7. The highest BCUT2D eigenvalue weighted by Crippen LogP contribution is 2.35. The number of nitrogens with one attached hydrogen (secondary N) is 1. The monoisotopic (exact) mass is 574 g/mol. The standard InChI is InChI=1S/C29H23ClN4O3S2/c30-18-10-12-19(13-11-18)34-28(37)26-21-7-3-4-8-24(21)39-27(26)32-29(34)38-16-25(36)33-31-15-22-20-6-2-1-5-17(20)9-14-23(22)35/h1-2,5-6,9-15,35H,3-4,7-8,16H2,(H,33,36). The van der Waals surface area contributed by atoms with E-state index in [1.807, 2.05) is 30.3 Å². The van der Waals surface area contributed by atoms with E-state index in [4.69, 9.17) is 16.6 Å². The van der Waals surface area contributed by atoms with Crippen LogP contribution in [0.5, 0.6) is 5.75 Å². The molecule has 0 spiro atoms. The summed E-state index contributed by atoms with van der Waals surface area (Å²) in [5, 5.41) is 17.8. The van der Waals surface area contributed by atoms with Crippen molar-refractivity contribution in [1.82, 2.24) is 15.0 Å². The molecule has 1 amide bonds. The third-order valence-corrected chi connectivity index (χ3v) is 9.08. The fourth-order valence-electron chi connectivity index (χ4n) is 4.85. The lowest BCUT2D eigenvalue weighted by atomic mass is 9.97. The van der Waals surface area contributed by atoms with E-state index in [0.29, 0.717) is 31.6 Å². The molecule has 0 saturated carbocycles. The van der Waals surface area contributed by atoms with Crippen LogP contribution >= 0.6 is 34.7 Å². The maximum absolute atomic E-state index is 13.8. The van der Waals surface area contributed by atoms with Crippen molar-refractivity contribution in [2.24, 2.45) is 5.10 Å². The summed E-state index contributed by atoms with van der Waals surface area (Å²) in [5.41, 5.74) is 4.66. The normalized spacial score (nSPS) is 13.3. The number of phenols is 1. The molecule has 1 aliphatic rings. The second-order valence-electron chi connectivity index (χ2n) is 9.20. The fourth-order valence-corrected chi connectivity index (χ4v) is 7.09. The molecule has 196 valence electrons. The molecule has 6 rings (SSSR count). The minimum Gasteiger partial charge on any atom is -0.507 e. The molecule has 0 radical (unpaired) electrons. The molecule has 3 aromatic carbocycles. The Morgan fingerprint density at radius 1 is 1.13 bits per heavy atom. The van der Waals surface area contributed by atoms with E-state index >= 15 is 0 Å². The van der Waals surface area contributed by atoms with Gasteiger partial charge in [0.2, 0.25) is 0 Å². The van der Waals surface area contributed by atoms with E-state index in [1.54, 1.807) is 46.2 Å². The second kappa shape index (κ2) is 10.8. The smallest absolute Gasteiger partial charge is 0.267 e. The van der Waals surface area contributed by atoms with Gasteiger partial charge in [0.1, 0.15) is 10.6 Å². The van der Waals surface area contributed by atoms with Crippen LogP contribution < -0.4 is 11.0 Å². The number of halogens is 1. The van der Waals surface area contributed by atoms with Gasteiger partial charge < -0.3 is 5.11 Å². The van der Waals surface area contributed by atoms with Crippen molar-refractivity contribution in [2.45, 2.75) is 30.8 Å². The lowest BCUT2D eigenvalue weighted by molar-refractivity contribution is -0.118. The van der Waals surface area contributed by atoms with Crippen LogP contribution in [0.25, 0.3) is 26.7 Å². The number of phenolic OH excluding ortho intramolecular Hbond substituents is 1. The van der Waals surface area contributed by atoms with Gasteiger partial charge in [0.05, 0.1) is 23.0 Å². The maximum atomic E-state index is 13.8. The number of thiophene rings is 1. The molecule has 0 saturated heterocycles. The number of amides is 1. The Bertz CT molecular complexity index is 1810. The van der Waals surface area contributed by atoms with Gasteiger partial charge in [0, 0.05) is 15.5 Å². The summed E-state index contributed by atoms with van der Waals surface area (Å²) in [6.07, 6.45) is 5.46. The van der Waals surface area contributed by atoms with Gasteiger partial charge in [0.25, 0.3) is 11.5 Å². The van der Waals surface area contributed by atoms with Crippen LogP contribution in [0.1, 0.15) is 28.8 Å². The Labute approximate surface area is 237 Å². The first-order valence-electron chi connectivity index (χ1n) is 12.5. The predicted molar refractivity (Wildman–Crippen MR) is 159 cm³/mol. The molecule has 2 N–H and O–H groups in total. The summed E-state index contributed by atoms with van der Waals surface area (Å²) >= 11 is 8.85. The summed E-state index contributed by atoms with van der Waals surface area (Å²) in [4.78, 5) is 33.3. The Balaban J connectivity index is 1.27. The van der Waals surface area contributed by atoms with Crippen LogP contribution in [-0.4, -0.2) is 32.5 Å². The first-order chi connectivity index (χ1) is 19.0. The number of carbonyl (C=O) groups excluding carboxylic acids is 1. The highest BCUT2D eigenvalue weighted by molar-refractivity contribution is 7.99. The molecule has 0 bridgehead atoms. The molecule has 0 aliphatic heterocycles. The van der Waals surface area contributed by atoms with Crippen molar-refractivity contribution in [2.75, 3.05) is 5.75 Å². The van der Waals surface area contributed by atoms with Gasteiger partial charge in [-0.1, -0.05) is 53.7 Å². The molecular weight excluding hydrogens is 552 g/mol. The molecule has 39 heavy (non-hydrogen) atoms. The zero-order chi connectivity index (χ0) is 26.9. The average molecular weight is 575 g/mol. The number of hydrogen-bond acceptors (Lipinski definition) is 7. The Hall–Kier alpha value is -3.66. The molecule has 2 heterocycles. The van der Waals surface area contributed by atoms with Gasteiger partial charge in [-0.15, -0.1) is 11.3 Å². The third-order valence-electron chi connectivity index (χ3n) is 6.71. The SMILES string of the molecule is O=C(CSc1nc2sc3c(c2c(=O)n1-c1ccc(Cl)cc1)CCCC3)NN=Cc1c(O)ccc2ccccc12. The first kappa shape index (κ1) is 25.6. The second-order valence-corrected chi connectivity index (χ2v) is 11.7. The van der Waals surface area contributed by atoms with Crippen molar-refractivity contribution in [3.8, 4) is 11.4 Å². The summed E-state index contributed by atoms with van der Waals surface area (Å²) in [6.45, 7) is 0. The number of rotatable bonds is 6. The predicted octanol–water partition coefficient (Wildman–Crippen LogP) is 6.08. The number of nitrogens with zero attached hydrogens (tertiary/aromatic N) is 3. The molecular formula is C29H23ClN4O3S2. The van der Waals surface area contributed by atoms with Crippen molar-refractivity contribution in [3.63, 3.8) is 0 Å². The van der Waals surface area contributed by atoms with Gasteiger partial charge in [-0.2, -0.15) is 5.10 Å². The van der Waals surface area contributed by atoms with Crippen LogP contribution in [0.2, 0.25) is 5.02 Å². The van der Waals surface area contributed by atoms with Gasteiger partial charge in [-0.3, -0.25) is 14.2 Å². The summed E-state index contributed by atoms with van der Waals surface area (Å²) < 4.78 is 1.57. The van der Waals surface area contributed by atoms with Crippen LogP contribution in [-0.2, 0) is 17.6 Å². The number of aromatic hydroxyl groups is 1. The number of aryl methyl sites for hydroxylation is 2. The topological polar surface area (TPSA) is 96.6 Å². The van der Waals surface area contributed by atoms with Crippen LogP contribution in [0, 0.1) is 0 Å². The molecule has 7 nitrogen and oxygen atoms in total. The van der Waals surface area contributed by atoms with E-state index in [2.05, 4.69) is 10.5 Å².